The molecule has 1 fully saturated rings. The Morgan fingerprint density at radius 2 is 1.67 bits per heavy atom. The SMILES string of the molecule is Oc1ccc(C2CCN(CC(F)(F)F)CC2)cc1. The molecule has 2 rings (SSSR count). The van der Waals surface area contributed by atoms with Crippen LogP contribution in [0.25, 0.3) is 0 Å². The van der Waals surface area contributed by atoms with E-state index in [1.807, 2.05) is 12.1 Å². The van der Waals surface area contributed by atoms with Crippen molar-refractivity contribution in [2.75, 3.05) is 19.6 Å². The number of benzene rings is 1. The van der Waals surface area contributed by atoms with Crippen molar-refractivity contribution in [1.82, 2.24) is 4.90 Å². The quantitative estimate of drug-likeness (QED) is 0.882. The molecule has 1 aromatic rings. The molecule has 0 radical (unpaired) electrons. The summed E-state index contributed by atoms with van der Waals surface area (Å²) in [7, 11) is 0. The van der Waals surface area contributed by atoms with Crippen molar-refractivity contribution in [2.24, 2.45) is 0 Å². The maximum Gasteiger partial charge on any atom is 0.401 e. The summed E-state index contributed by atoms with van der Waals surface area (Å²) in [4.78, 5) is 1.46. The number of phenols is 1. The van der Waals surface area contributed by atoms with Gasteiger partial charge in [0.05, 0.1) is 6.54 Å². The monoisotopic (exact) mass is 259 g/mol. The van der Waals surface area contributed by atoms with Gasteiger partial charge in [-0.25, -0.2) is 0 Å². The first-order valence-corrected chi connectivity index (χ1v) is 6.02. The van der Waals surface area contributed by atoms with Gasteiger partial charge in [0, 0.05) is 0 Å². The van der Waals surface area contributed by atoms with Gasteiger partial charge in [0.15, 0.2) is 0 Å². The zero-order valence-corrected chi connectivity index (χ0v) is 9.95. The summed E-state index contributed by atoms with van der Waals surface area (Å²) in [5.74, 6) is 0.517. The summed E-state index contributed by atoms with van der Waals surface area (Å²) < 4.78 is 36.7. The molecule has 2 nitrogen and oxygen atoms in total. The van der Waals surface area contributed by atoms with Crippen molar-refractivity contribution >= 4 is 0 Å². The van der Waals surface area contributed by atoms with E-state index in [0.717, 1.165) is 18.4 Å². The van der Waals surface area contributed by atoms with Crippen LogP contribution >= 0.6 is 0 Å². The summed E-state index contributed by atoms with van der Waals surface area (Å²) in [6, 6.07) is 6.94. The molecular weight excluding hydrogens is 243 g/mol. The van der Waals surface area contributed by atoms with E-state index in [-0.39, 0.29) is 5.75 Å². The predicted octanol–water partition coefficient (Wildman–Crippen LogP) is 3.13. The van der Waals surface area contributed by atoms with Crippen molar-refractivity contribution in [3.63, 3.8) is 0 Å². The number of piperidine rings is 1. The number of alkyl halides is 3. The van der Waals surface area contributed by atoms with E-state index in [4.69, 9.17) is 0 Å². The molecule has 1 aromatic carbocycles. The van der Waals surface area contributed by atoms with Gasteiger partial charge in [-0.2, -0.15) is 13.2 Å². The van der Waals surface area contributed by atoms with Crippen LogP contribution < -0.4 is 0 Å². The third kappa shape index (κ3) is 3.63. The number of phenolic OH excluding ortho intramolecular Hbond substituents is 1. The second-order valence-electron chi connectivity index (χ2n) is 4.76. The van der Waals surface area contributed by atoms with Gasteiger partial charge >= 0.3 is 6.18 Å². The predicted molar refractivity (Wildman–Crippen MR) is 62.6 cm³/mol. The first-order valence-electron chi connectivity index (χ1n) is 6.02. The Kier molecular flexibility index (Phi) is 3.80. The Hall–Kier alpha value is -1.23. The third-order valence-electron chi connectivity index (χ3n) is 3.35. The summed E-state index contributed by atoms with van der Waals surface area (Å²) in [6.45, 7) is 0.144. The molecule has 5 heteroatoms. The Morgan fingerprint density at radius 3 is 2.17 bits per heavy atom. The van der Waals surface area contributed by atoms with Crippen molar-refractivity contribution in [3.05, 3.63) is 29.8 Å². The topological polar surface area (TPSA) is 23.5 Å². The largest absolute Gasteiger partial charge is 0.508 e. The van der Waals surface area contributed by atoms with Gasteiger partial charge in [0.25, 0.3) is 0 Å². The minimum atomic E-state index is -4.11. The molecule has 1 saturated heterocycles. The van der Waals surface area contributed by atoms with Gasteiger partial charge in [-0.05, 0) is 49.5 Å². The Labute approximate surface area is 104 Å². The first-order chi connectivity index (χ1) is 8.44. The van der Waals surface area contributed by atoms with E-state index in [1.165, 1.54) is 4.90 Å². The molecule has 0 saturated carbocycles. The van der Waals surface area contributed by atoms with Crippen LogP contribution in [-0.2, 0) is 0 Å². The maximum atomic E-state index is 12.2. The Morgan fingerprint density at radius 1 is 1.11 bits per heavy atom. The highest BCUT2D eigenvalue weighted by atomic mass is 19.4. The number of halogens is 3. The normalized spacial score (nSPS) is 19.1. The fraction of sp³-hybridized carbons (Fsp3) is 0.538. The summed E-state index contributed by atoms with van der Waals surface area (Å²) >= 11 is 0. The van der Waals surface area contributed by atoms with Gasteiger partial charge in [-0.15, -0.1) is 0 Å². The van der Waals surface area contributed by atoms with Crippen LogP contribution in [0.3, 0.4) is 0 Å². The molecule has 0 aliphatic carbocycles. The second kappa shape index (κ2) is 5.18. The van der Waals surface area contributed by atoms with Gasteiger partial charge < -0.3 is 5.11 Å². The fourth-order valence-corrected chi connectivity index (χ4v) is 2.42. The number of hydrogen-bond acceptors (Lipinski definition) is 2. The van der Waals surface area contributed by atoms with E-state index >= 15 is 0 Å². The summed E-state index contributed by atoms with van der Waals surface area (Å²) in [5.41, 5.74) is 1.10. The van der Waals surface area contributed by atoms with Crippen molar-refractivity contribution in [3.8, 4) is 5.75 Å². The highest BCUT2D eigenvalue weighted by Gasteiger charge is 2.32. The molecule has 0 spiro atoms. The Bertz CT molecular complexity index is 380. The van der Waals surface area contributed by atoms with E-state index < -0.39 is 12.7 Å². The first kappa shape index (κ1) is 13.2. The molecule has 0 unspecified atom stereocenters. The standard InChI is InChI=1S/C13H16F3NO/c14-13(15,16)9-17-7-5-11(6-8-17)10-1-3-12(18)4-2-10/h1-4,11,18H,5-9H2. The molecule has 0 bridgehead atoms. The van der Waals surface area contributed by atoms with Crippen LogP contribution in [0.4, 0.5) is 13.2 Å². The lowest BCUT2D eigenvalue weighted by Crippen LogP contribution is -2.39. The number of rotatable bonds is 2. The van der Waals surface area contributed by atoms with E-state index in [2.05, 4.69) is 0 Å². The van der Waals surface area contributed by atoms with Crippen molar-refractivity contribution < 1.29 is 18.3 Å². The van der Waals surface area contributed by atoms with Crippen LogP contribution in [-0.4, -0.2) is 35.8 Å². The minimum Gasteiger partial charge on any atom is -0.508 e. The molecule has 0 amide bonds. The van der Waals surface area contributed by atoms with Gasteiger partial charge in [0.1, 0.15) is 5.75 Å². The van der Waals surface area contributed by atoms with Crippen LogP contribution in [0, 0.1) is 0 Å². The zero-order chi connectivity index (χ0) is 13.2. The number of aromatic hydroxyl groups is 1. The van der Waals surface area contributed by atoms with Gasteiger partial charge in [-0.1, -0.05) is 12.1 Å². The zero-order valence-electron chi connectivity index (χ0n) is 9.95. The minimum absolute atomic E-state index is 0.216. The molecule has 1 aliphatic heterocycles. The summed E-state index contributed by atoms with van der Waals surface area (Å²) in [6.07, 6.45) is -2.63. The average Bonchev–Trinajstić information content (AvgIpc) is 2.29. The molecular formula is C13H16F3NO. The number of likely N-dealkylation sites (tertiary alicyclic amines) is 1. The fourth-order valence-electron chi connectivity index (χ4n) is 2.42. The smallest absolute Gasteiger partial charge is 0.401 e. The van der Waals surface area contributed by atoms with E-state index in [9.17, 15) is 18.3 Å². The van der Waals surface area contributed by atoms with Gasteiger partial charge in [0.2, 0.25) is 0 Å². The third-order valence-corrected chi connectivity index (χ3v) is 3.35. The van der Waals surface area contributed by atoms with Crippen molar-refractivity contribution in [1.29, 1.82) is 0 Å². The number of hydrogen-bond donors (Lipinski definition) is 1. The molecule has 0 aromatic heterocycles. The molecule has 18 heavy (non-hydrogen) atoms. The molecule has 100 valence electrons. The average molecular weight is 259 g/mol. The maximum absolute atomic E-state index is 12.2. The van der Waals surface area contributed by atoms with Gasteiger partial charge in [-0.3, -0.25) is 4.90 Å². The van der Waals surface area contributed by atoms with Crippen molar-refractivity contribution in [2.45, 2.75) is 24.9 Å². The highest BCUT2D eigenvalue weighted by molar-refractivity contribution is 5.28. The van der Waals surface area contributed by atoms with Crippen LogP contribution in [0.1, 0.15) is 24.3 Å². The number of nitrogens with zero attached hydrogens (tertiary/aromatic N) is 1. The van der Waals surface area contributed by atoms with Crippen LogP contribution in [0.5, 0.6) is 5.75 Å². The highest BCUT2D eigenvalue weighted by Crippen LogP contribution is 2.30. The van der Waals surface area contributed by atoms with E-state index in [0.29, 0.717) is 19.0 Å². The molecule has 0 atom stereocenters. The van der Waals surface area contributed by atoms with Crippen LogP contribution in [0.15, 0.2) is 24.3 Å². The Balaban J connectivity index is 1.88. The lowest BCUT2D eigenvalue weighted by molar-refractivity contribution is -0.147. The lowest BCUT2D eigenvalue weighted by Gasteiger charge is -2.32. The second-order valence-corrected chi connectivity index (χ2v) is 4.76. The summed E-state index contributed by atoms with van der Waals surface area (Å²) in [5, 5.41) is 9.19. The molecule has 1 heterocycles. The lowest BCUT2D eigenvalue weighted by atomic mass is 9.89. The molecule has 1 N–H and O–H groups in total. The van der Waals surface area contributed by atoms with E-state index in [1.54, 1.807) is 12.1 Å². The van der Waals surface area contributed by atoms with Crippen LogP contribution in [0.2, 0.25) is 0 Å². The molecule has 1 aliphatic rings.